The van der Waals surface area contributed by atoms with Crippen molar-refractivity contribution in [3.63, 3.8) is 0 Å². The van der Waals surface area contributed by atoms with Crippen LogP contribution in [0.5, 0.6) is 0 Å². The molecule has 1 atom stereocenters. The largest absolute Gasteiger partial charge is 0.480 e. The zero-order chi connectivity index (χ0) is 25.1. The van der Waals surface area contributed by atoms with Crippen molar-refractivity contribution < 1.29 is 14.7 Å². The van der Waals surface area contributed by atoms with Crippen LogP contribution in [-0.2, 0) is 11.2 Å². The fourth-order valence-electron chi connectivity index (χ4n) is 3.80. The van der Waals surface area contributed by atoms with E-state index >= 15 is 0 Å². The van der Waals surface area contributed by atoms with Crippen molar-refractivity contribution in [1.29, 1.82) is 0 Å². The van der Waals surface area contributed by atoms with E-state index in [0.717, 1.165) is 27.5 Å². The number of carbonyl (C=O) groups is 2. The maximum absolute atomic E-state index is 13.1. The quantitative estimate of drug-likeness (QED) is 0.291. The van der Waals surface area contributed by atoms with Gasteiger partial charge < -0.3 is 15.7 Å². The summed E-state index contributed by atoms with van der Waals surface area (Å²) in [6.45, 7) is 1.96. The van der Waals surface area contributed by atoms with Crippen LogP contribution in [0, 0.1) is 6.92 Å². The van der Waals surface area contributed by atoms with Gasteiger partial charge in [0, 0.05) is 35.4 Å². The second kappa shape index (κ2) is 9.96. The van der Waals surface area contributed by atoms with Gasteiger partial charge in [-0.2, -0.15) is 0 Å². The first-order valence-corrected chi connectivity index (χ1v) is 12.1. The number of fused-ring (bicyclic) bond motifs is 1. The van der Waals surface area contributed by atoms with Crippen LogP contribution in [0.4, 0.5) is 10.8 Å². The van der Waals surface area contributed by atoms with E-state index in [1.165, 1.54) is 11.3 Å². The number of aliphatic carboxylic acids is 1. The number of amides is 1. The summed E-state index contributed by atoms with van der Waals surface area (Å²) < 4.78 is 1.72. The maximum atomic E-state index is 13.1. The number of nitrogens with zero attached hydrogens (tertiary/aromatic N) is 4. The highest BCUT2D eigenvalue weighted by atomic mass is 32.1. The van der Waals surface area contributed by atoms with E-state index in [1.54, 1.807) is 28.9 Å². The topological polar surface area (TPSA) is 122 Å². The Hall–Kier alpha value is -4.57. The van der Waals surface area contributed by atoms with Crippen LogP contribution in [0.25, 0.3) is 17.0 Å². The Kier molecular flexibility index (Phi) is 6.42. The van der Waals surface area contributed by atoms with Crippen molar-refractivity contribution in [3.05, 3.63) is 95.1 Å². The number of hydrogen-bond acceptors (Lipinski definition) is 7. The van der Waals surface area contributed by atoms with Gasteiger partial charge in [0.05, 0.1) is 5.56 Å². The third-order valence-corrected chi connectivity index (χ3v) is 6.36. The first-order chi connectivity index (χ1) is 17.5. The van der Waals surface area contributed by atoms with E-state index in [4.69, 9.17) is 0 Å². The zero-order valence-corrected chi connectivity index (χ0v) is 20.1. The van der Waals surface area contributed by atoms with Crippen molar-refractivity contribution in [1.82, 2.24) is 24.9 Å². The van der Waals surface area contributed by atoms with Gasteiger partial charge in [-0.15, -0.1) is 21.5 Å². The second-order valence-electron chi connectivity index (χ2n) is 8.23. The Morgan fingerprint density at radius 1 is 1.06 bits per heavy atom. The molecule has 0 bridgehead atoms. The van der Waals surface area contributed by atoms with Crippen LogP contribution in [0.15, 0.2) is 78.4 Å². The van der Waals surface area contributed by atoms with Gasteiger partial charge >= 0.3 is 5.97 Å². The van der Waals surface area contributed by atoms with E-state index in [2.05, 4.69) is 25.8 Å². The fraction of sp³-hybridized carbons (Fsp3) is 0.115. The van der Waals surface area contributed by atoms with Gasteiger partial charge in [0.1, 0.15) is 6.04 Å². The molecule has 0 aliphatic rings. The molecule has 0 unspecified atom stereocenters. The highest BCUT2D eigenvalue weighted by Gasteiger charge is 2.23. The summed E-state index contributed by atoms with van der Waals surface area (Å²) in [5.41, 5.74) is 4.18. The number of carboxylic acids is 1. The minimum Gasteiger partial charge on any atom is -0.480 e. The number of thiazole rings is 1. The summed E-state index contributed by atoms with van der Waals surface area (Å²) in [4.78, 5) is 29.2. The molecule has 0 saturated heterocycles. The molecule has 10 heteroatoms. The molecule has 3 aromatic heterocycles. The van der Waals surface area contributed by atoms with E-state index in [0.29, 0.717) is 11.5 Å². The monoisotopic (exact) mass is 498 g/mol. The van der Waals surface area contributed by atoms with Crippen molar-refractivity contribution in [2.24, 2.45) is 0 Å². The third kappa shape index (κ3) is 4.93. The first-order valence-electron chi connectivity index (χ1n) is 11.2. The molecule has 3 heterocycles. The van der Waals surface area contributed by atoms with E-state index in [1.807, 2.05) is 60.8 Å². The summed E-state index contributed by atoms with van der Waals surface area (Å²) in [6.07, 6.45) is 3.67. The van der Waals surface area contributed by atoms with Gasteiger partial charge in [-0.05, 0) is 48.9 Å². The van der Waals surface area contributed by atoms with Gasteiger partial charge in [0.2, 0.25) is 0 Å². The summed E-state index contributed by atoms with van der Waals surface area (Å²) in [7, 11) is 0. The molecule has 0 aliphatic carbocycles. The number of benzene rings is 2. The molecule has 36 heavy (non-hydrogen) atoms. The first kappa shape index (κ1) is 23.2. The smallest absolute Gasteiger partial charge is 0.326 e. The molecule has 2 aromatic carbocycles. The van der Waals surface area contributed by atoms with Crippen molar-refractivity contribution in [2.45, 2.75) is 19.4 Å². The van der Waals surface area contributed by atoms with Gasteiger partial charge in [-0.3, -0.25) is 9.20 Å². The average molecular weight is 499 g/mol. The highest BCUT2D eigenvalue weighted by molar-refractivity contribution is 7.13. The van der Waals surface area contributed by atoms with Gasteiger partial charge in [-0.25, -0.2) is 9.78 Å². The molecule has 0 radical (unpaired) electrons. The molecular weight excluding hydrogens is 476 g/mol. The van der Waals surface area contributed by atoms with Crippen LogP contribution < -0.4 is 10.6 Å². The van der Waals surface area contributed by atoms with E-state index < -0.39 is 17.9 Å². The lowest BCUT2D eigenvalue weighted by Gasteiger charge is -2.15. The Bertz CT molecular complexity index is 1510. The number of aryl methyl sites for hydroxylation is 1. The summed E-state index contributed by atoms with van der Waals surface area (Å²) in [5, 5.41) is 26.8. The third-order valence-electron chi connectivity index (χ3n) is 5.67. The molecule has 0 aliphatic heterocycles. The predicted molar refractivity (Wildman–Crippen MR) is 138 cm³/mol. The number of anilines is 2. The highest BCUT2D eigenvalue weighted by Crippen LogP contribution is 2.24. The van der Waals surface area contributed by atoms with E-state index in [-0.39, 0.29) is 12.0 Å². The van der Waals surface area contributed by atoms with Gasteiger partial charge in [0.25, 0.3) is 5.91 Å². The summed E-state index contributed by atoms with van der Waals surface area (Å²) in [5.74, 6) is -1.07. The van der Waals surface area contributed by atoms with Crippen LogP contribution >= 0.6 is 11.3 Å². The molecule has 3 N–H and O–H groups in total. The molecule has 5 rings (SSSR count). The molecule has 9 nitrogen and oxygen atoms in total. The molecule has 5 aromatic rings. The number of rotatable bonds is 8. The fourth-order valence-corrected chi connectivity index (χ4v) is 4.35. The van der Waals surface area contributed by atoms with Crippen molar-refractivity contribution in [3.8, 4) is 11.4 Å². The summed E-state index contributed by atoms with van der Waals surface area (Å²) >= 11 is 1.51. The minimum atomic E-state index is -1.11. The average Bonchev–Trinajstić information content (AvgIpc) is 3.55. The molecule has 0 fully saturated rings. The number of carboxylic acid groups (broad SMARTS) is 1. The second-order valence-corrected chi connectivity index (χ2v) is 9.13. The standard InChI is InChI=1S/C26H22N6O3S/c1-16-4-6-17(7-5-16)15-21(25(34)35)29-24(33)20-3-2-13-32-22(30-31-23(20)32)18-8-10-19(11-9-18)28-26-27-12-14-36-26/h2-14,21H,15H2,1H3,(H,27,28)(H,29,33)(H,34,35)/t21-/m0/s1. The van der Waals surface area contributed by atoms with Gasteiger partial charge in [0.15, 0.2) is 16.6 Å². The molecule has 0 spiro atoms. The van der Waals surface area contributed by atoms with Crippen molar-refractivity contribution >= 4 is 39.7 Å². The lowest BCUT2D eigenvalue weighted by molar-refractivity contribution is -0.139. The number of hydrogen-bond donors (Lipinski definition) is 3. The minimum absolute atomic E-state index is 0.170. The van der Waals surface area contributed by atoms with Crippen molar-refractivity contribution in [2.75, 3.05) is 5.32 Å². The molecule has 1 amide bonds. The van der Waals surface area contributed by atoms with Crippen LogP contribution in [0.2, 0.25) is 0 Å². The lowest BCUT2D eigenvalue weighted by Crippen LogP contribution is -2.42. The number of carbonyl (C=O) groups excluding carboxylic acids is 1. The Balaban J connectivity index is 1.37. The Morgan fingerprint density at radius 2 is 1.83 bits per heavy atom. The molecule has 0 saturated carbocycles. The lowest BCUT2D eigenvalue weighted by atomic mass is 10.0. The van der Waals surface area contributed by atoms with E-state index in [9.17, 15) is 14.7 Å². The number of nitrogens with one attached hydrogen (secondary N) is 2. The Labute approximate surface area is 210 Å². The Morgan fingerprint density at radius 3 is 2.53 bits per heavy atom. The van der Waals surface area contributed by atoms with Crippen LogP contribution in [-0.4, -0.2) is 42.6 Å². The van der Waals surface area contributed by atoms with Crippen LogP contribution in [0.1, 0.15) is 21.5 Å². The van der Waals surface area contributed by atoms with Crippen LogP contribution in [0.3, 0.4) is 0 Å². The predicted octanol–water partition coefficient (Wildman–Crippen LogP) is 4.33. The summed E-state index contributed by atoms with van der Waals surface area (Å²) in [6, 6.07) is 17.4. The normalized spacial score (nSPS) is 11.8. The zero-order valence-electron chi connectivity index (χ0n) is 19.3. The number of pyridine rings is 1. The molecule has 180 valence electrons. The maximum Gasteiger partial charge on any atom is 0.326 e. The van der Waals surface area contributed by atoms with Gasteiger partial charge in [-0.1, -0.05) is 29.8 Å². The molecular formula is C26H22N6O3S. The SMILES string of the molecule is Cc1ccc(C[C@H](NC(=O)c2cccn3c(-c4ccc(Nc5nccs5)cc4)nnc23)C(=O)O)cc1. The number of aromatic nitrogens is 4.